The third-order valence-corrected chi connectivity index (χ3v) is 4.59. The number of nitrogens with zero attached hydrogens (tertiary/aromatic N) is 1. The lowest BCUT2D eigenvalue weighted by molar-refractivity contribution is 0.0779. The monoisotopic (exact) mass is 210 g/mol. The van der Waals surface area contributed by atoms with E-state index >= 15 is 0 Å². The van der Waals surface area contributed by atoms with Crippen LogP contribution < -0.4 is 5.73 Å². The fourth-order valence-corrected chi connectivity index (χ4v) is 3.10. The van der Waals surface area contributed by atoms with Crippen molar-refractivity contribution in [3.8, 4) is 0 Å². The van der Waals surface area contributed by atoms with Gasteiger partial charge in [0, 0.05) is 12.6 Å². The normalized spacial score (nSPS) is 38.0. The second-order valence-corrected chi connectivity index (χ2v) is 6.49. The Bertz CT molecular complexity index is 217. The minimum atomic E-state index is 0.483. The zero-order valence-electron chi connectivity index (χ0n) is 10.5. The summed E-state index contributed by atoms with van der Waals surface area (Å²) in [5.41, 5.74) is 6.27. The Balaban J connectivity index is 1.88. The molecule has 0 aromatic heterocycles. The van der Waals surface area contributed by atoms with E-state index in [-0.39, 0.29) is 0 Å². The number of likely N-dealkylation sites (tertiary alicyclic amines) is 1. The molecule has 0 aromatic rings. The van der Waals surface area contributed by atoms with Gasteiger partial charge in [-0.3, -0.25) is 4.90 Å². The van der Waals surface area contributed by atoms with E-state index in [9.17, 15) is 0 Å². The van der Waals surface area contributed by atoms with E-state index in [1.807, 2.05) is 0 Å². The number of hydrogen-bond donors (Lipinski definition) is 1. The summed E-state index contributed by atoms with van der Waals surface area (Å²) in [5, 5.41) is 0. The van der Waals surface area contributed by atoms with Gasteiger partial charge in [-0.25, -0.2) is 0 Å². The maximum atomic E-state index is 5.79. The molecule has 3 atom stereocenters. The topological polar surface area (TPSA) is 29.3 Å². The fourth-order valence-electron chi connectivity index (χ4n) is 3.10. The first kappa shape index (κ1) is 11.4. The summed E-state index contributed by atoms with van der Waals surface area (Å²) in [7, 11) is 0. The van der Waals surface area contributed by atoms with Gasteiger partial charge in [0.2, 0.25) is 0 Å². The molecule has 88 valence electrons. The summed E-state index contributed by atoms with van der Waals surface area (Å²) in [4.78, 5) is 2.71. The van der Waals surface area contributed by atoms with Gasteiger partial charge in [-0.1, -0.05) is 20.8 Å². The molecular formula is C13H26N2. The van der Waals surface area contributed by atoms with Gasteiger partial charge in [-0.05, 0) is 49.6 Å². The van der Waals surface area contributed by atoms with Crippen molar-refractivity contribution in [3.63, 3.8) is 0 Å². The van der Waals surface area contributed by atoms with E-state index in [1.165, 1.54) is 32.4 Å². The maximum absolute atomic E-state index is 5.79. The molecule has 2 heteroatoms. The van der Waals surface area contributed by atoms with Crippen LogP contribution in [0.4, 0.5) is 0 Å². The average Bonchev–Trinajstić information content (AvgIpc) is 2.51. The van der Waals surface area contributed by atoms with Gasteiger partial charge in [-0.2, -0.15) is 0 Å². The van der Waals surface area contributed by atoms with Crippen molar-refractivity contribution in [3.05, 3.63) is 0 Å². The summed E-state index contributed by atoms with van der Waals surface area (Å²) in [6.45, 7) is 10.6. The van der Waals surface area contributed by atoms with E-state index in [2.05, 4.69) is 25.7 Å². The first-order valence-electron chi connectivity index (χ1n) is 6.46. The number of nitrogens with two attached hydrogens (primary N) is 1. The molecular weight excluding hydrogens is 184 g/mol. The molecule has 0 amide bonds. The molecule has 0 aromatic carbocycles. The van der Waals surface area contributed by atoms with Crippen LogP contribution in [0.1, 0.15) is 40.0 Å². The highest BCUT2D eigenvalue weighted by Gasteiger charge is 2.40. The van der Waals surface area contributed by atoms with Crippen LogP contribution in [0.2, 0.25) is 0 Å². The van der Waals surface area contributed by atoms with Crippen molar-refractivity contribution in [1.82, 2.24) is 4.90 Å². The predicted octanol–water partition coefficient (Wildman–Crippen LogP) is 2.09. The van der Waals surface area contributed by atoms with Crippen LogP contribution in [0.15, 0.2) is 0 Å². The molecule has 0 radical (unpaired) electrons. The standard InChI is InChI=1S/C13H26N2/c1-13(2,3)11-6-7-15(9-11)12-5-4-10(12)8-14/h10-12H,4-9,14H2,1-3H3. The lowest BCUT2D eigenvalue weighted by Crippen LogP contribution is -2.49. The van der Waals surface area contributed by atoms with Gasteiger partial charge in [-0.15, -0.1) is 0 Å². The largest absolute Gasteiger partial charge is 0.330 e. The molecule has 1 saturated heterocycles. The van der Waals surface area contributed by atoms with Crippen molar-refractivity contribution in [1.29, 1.82) is 0 Å². The summed E-state index contributed by atoms with van der Waals surface area (Å²) < 4.78 is 0. The van der Waals surface area contributed by atoms with E-state index < -0.39 is 0 Å². The third-order valence-electron chi connectivity index (χ3n) is 4.59. The second-order valence-electron chi connectivity index (χ2n) is 6.49. The summed E-state index contributed by atoms with van der Waals surface area (Å²) in [6, 6.07) is 0.822. The first-order chi connectivity index (χ1) is 7.02. The van der Waals surface area contributed by atoms with Crippen LogP contribution in [0.25, 0.3) is 0 Å². The van der Waals surface area contributed by atoms with Crippen molar-refractivity contribution < 1.29 is 0 Å². The molecule has 1 aliphatic carbocycles. The second kappa shape index (κ2) is 4.06. The lowest BCUT2D eigenvalue weighted by atomic mass is 9.78. The molecule has 0 spiro atoms. The third kappa shape index (κ3) is 2.21. The highest BCUT2D eigenvalue weighted by Crippen LogP contribution is 2.39. The molecule has 2 nitrogen and oxygen atoms in total. The Morgan fingerprint density at radius 2 is 1.93 bits per heavy atom. The van der Waals surface area contributed by atoms with Gasteiger partial charge in [0.1, 0.15) is 0 Å². The molecule has 2 rings (SSSR count). The SMILES string of the molecule is CC(C)(C)C1CCN(C2CCC2CN)C1. The van der Waals surface area contributed by atoms with E-state index in [0.717, 1.165) is 24.4 Å². The Hall–Kier alpha value is -0.0800. The quantitative estimate of drug-likeness (QED) is 0.756. The Morgan fingerprint density at radius 1 is 1.20 bits per heavy atom. The van der Waals surface area contributed by atoms with Gasteiger partial charge in [0.05, 0.1) is 0 Å². The van der Waals surface area contributed by atoms with Crippen molar-refractivity contribution >= 4 is 0 Å². The Morgan fingerprint density at radius 3 is 2.33 bits per heavy atom. The maximum Gasteiger partial charge on any atom is 0.0136 e. The van der Waals surface area contributed by atoms with Crippen LogP contribution in [-0.4, -0.2) is 30.6 Å². The predicted molar refractivity (Wildman–Crippen MR) is 64.7 cm³/mol. The van der Waals surface area contributed by atoms with Gasteiger partial charge < -0.3 is 5.73 Å². The zero-order valence-corrected chi connectivity index (χ0v) is 10.5. The van der Waals surface area contributed by atoms with Gasteiger partial charge in [0.15, 0.2) is 0 Å². The zero-order chi connectivity index (χ0) is 11.1. The van der Waals surface area contributed by atoms with E-state index in [4.69, 9.17) is 5.73 Å². The van der Waals surface area contributed by atoms with Crippen molar-refractivity contribution in [2.24, 2.45) is 23.0 Å². The molecule has 1 aliphatic heterocycles. The molecule has 15 heavy (non-hydrogen) atoms. The molecule has 1 saturated carbocycles. The minimum Gasteiger partial charge on any atom is -0.330 e. The molecule has 2 aliphatic rings. The molecule has 2 fully saturated rings. The van der Waals surface area contributed by atoms with Gasteiger partial charge >= 0.3 is 0 Å². The Kier molecular flexibility index (Phi) is 3.09. The molecule has 2 N–H and O–H groups in total. The highest BCUT2D eigenvalue weighted by atomic mass is 15.2. The summed E-state index contributed by atoms with van der Waals surface area (Å²) in [5.74, 6) is 1.68. The van der Waals surface area contributed by atoms with E-state index in [0.29, 0.717) is 5.41 Å². The van der Waals surface area contributed by atoms with Crippen LogP contribution >= 0.6 is 0 Å². The molecule has 3 unspecified atom stereocenters. The Labute approximate surface area is 94.2 Å². The van der Waals surface area contributed by atoms with E-state index in [1.54, 1.807) is 0 Å². The van der Waals surface area contributed by atoms with Crippen LogP contribution in [0, 0.1) is 17.3 Å². The molecule has 0 bridgehead atoms. The summed E-state index contributed by atoms with van der Waals surface area (Å²) in [6.07, 6.45) is 4.13. The van der Waals surface area contributed by atoms with Crippen LogP contribution in [-0.2, 0) is 0 Å². The average molecular weight is 210 g/mol. The van der Waals surface area contributed by atoms with Crippen molar-refractivity contribution in [2.75, 3.05) is 19.6 Å². The van der Waals surface area contributed by atoms with Crippen molar-refractivity contribution in [2.45, 2.75) is 46.1 Å². The summed E-state index contributed by atoms with van der Waals surface area (Å²) >= 11 is 0. The number of rotatable bonds is 2. The van der Waals surface area contributed by atoms with Crippen LogP contribution in [0.3, 0.4) is 0 Å². The fraction of sp³-hybridized carbons (Fsp3) is 1.00. The van der Waals surface area contributed by atoms with Gasteiger partial charge in [0.25, 0.3) is 0 Å². The molecule has 1 heterocycles. The van der Waals surface area contributed by atoms with Crippen LogP contribution in [0.5, 0.6) is 0 Å². The lowest BCUT2D eigenvalue weighted by Gasteiger charge is -2.42. The minimum absolute atomic E-state index is 0.483. The smallest absolute Gasteiger partial charge is 0.0136 e. The first-order valence-corrected chi connectivity index (χ1v) is 6.46. The highest BCUT2D eigenvalue weighted by molar-refractivity contribution is 4.94. The number of hydrogen-bond acceptors (Lipinski definition) is 2.